The predicted molar refractivity (Wildman–Crippen MR) is 120 cm³/mol. The molecule has 1 heterocycles. The number of H-pyrrole nitrogens is 2. The second-order valence-corrected chi connectivity index (χ2v) is 8.71. The highest BCUT2D eigenvalue weighted by molar-refractivity contribution is 7.92. The Morgan fingerprint density at radius 3 is 2.29 bits per heavy atom. The minimum absolute atomic E-state index is 0.0323. The molecule has 9 nitrogen and oxygen atoms in total. The van der Waals surface area contributed by atoms with E-state index in [0.717, 1.165) is 25.6 Å². The summed E-state index contributed by atoms with van der Waals surface area (Å²) in [6, 6.07) is 8.54. The number of anilines is 1. The van der Waals surface area contributed by atoms with E-state index in [0.29, 0.717) is 11.3 Å². The highest BCUT2D eigenvalue weighted by Gasteiger charge is 2.33. The first-order valence-corrected chi connectivity index (χ1v) is 11.3. The highest BCUT2D eigenvalue weighted by atomic mass is 32.2. The van der Waals surface area contributed by atoms with Crippen molar-refractivity contribution < 1.29 is 31.1 Å². The minimum atomic E-state index is -5.03. The third-order valence-corrected chi connectivity index (χ3v) is 4.92. The first kappa shape index (κ1) is 24.6. The average Bonchev–Trinajstić information content (AvgIpc) is 2.70. The Hall–Kier alpha value is -4.00. The molecule has 13 heteroatoms. The molecule has 34 heavy (non-hydrogen) atoms. The third-order valence-electron chi connectivity index (χ3n) is 4.31. The van der Waals surface area contributed by atoms with Crippen molar-refractivity contribution in [3.63, 3.8) is 0 Å². The summed E-state index contributed by atoms with van der Waals surface area (Å²) in [7, 11) is -2.29. The fourth-order valence-electron chi connectivity index (χ4n) is 3.01. The van der Waals surface area contributed by atoms with Crippen LogP contribution in [0.15, 0.2) is 52.2 Å². The molecule has 0 fully saturated rings. The molecular formula is C21H18F3N3O6S. The number of halogens is 3. The molecule has 0 radical (unpaired) electrons. The van der Waals surface area contributed by atoms with Gasteiger partial charge >= 0.3 is 12.1 Å². The van der Waals surface area contributed by atoms with Gasteiger partial charge in [0.1, 0.15) is 0 Å². The summed E-state index contributed by atoms with van der Waals surface area (Å²) in [5, 5.41) is 0. The van der Waals surface area contributed by atoms with E-state index in [1.807, 2.05) is 4.98 Å². The van der Waals surface area contributed by atoms with Crippen LogP contribution in [0.2, 0.25) is 0 Å². The molecule has 3 rings (SSSR count). The Bertz CT molecular complexity index is 1440. The maximum atomic E-state index is 13.0. The Labute approximate surface area is 190 Å². The van der Waals surface area contributed by atoms with Gasteiger partial charge in [0.2, 0.25) is 10.0 Å². The van der Waals surface area contributed by atoms with Gasteiger partial charge in [-0.05, 0) is 35.4 Å². The van der Waals surface area contributed by atoms with Crippen LogP contribution in [0.5, 0.6) is 11.5 Å². The number of alkyl halides is 3. The monoisotopic (exact) mass is 497 g/mol. The number of hydrogen-bond acceptors (Lipinski definition) is 6. The number of benzene rings is 2. The van der Waals surface area contributed by atoms with Crippen molar-refractivity contribution in [1.29, 1.82) is 0 Å². The van der Waals surface area contributed by atoms with Gasteiger partial charge in [0.05, 0.1) is 18.9 Å². The van der Waals surface area contributed by atoms with E-state index in [1.165, 1.54) is 24.3 Å². The van der Waals surface area contributed by atoms with Crippen LogP contribution in [0.1, 0.15) is 11.1 Å². The minimum Gasteiger partial charge on any atom is -0.492 e. The number of methoxy groups -OCH3 is 1. The van der Waals surface area contributed by atoms with Crippen LogP contribution in [0.3, 0.4) is 0 Å². The quantitative estimate of drug-likeness (QED) is 0.430. The Morgan fingerprint density at radius 1 is 1.06 bits per heavy atom. The van der Waals surface area contributed by atoms with Crippen molar-refractivity contribution in [3.8, 4) is 22.6 Å². The van der Waals surface area contributed by atoms with Gasteiger partial charge in [0, 0.05) is 17.4 Å². The van der Waals surface area contributed by atoms with E-state index in [1.54, 1.807) is 18.2 Å². The van der Waals surface area contributed by atoms with Gasteiger partial charge < -0.3 is 14.5 Å². The van der Waals surface area contributed by atoms with Crippen molar-refractivity contribution >= 4 is 27.9 Å². The molecule has 1 aromatic heterocycles. The molecule has 0 aliphatic carbocycles. The van der Waals surface area contributed by atoms with E-state index < -0.39 is 33.4 Å². The Balaban J connectivity index is 2.08. The molecular weight excluding hydrogens is 479 g/mol. The van der Waals surface area contributed by atoms with Crippen LogP contribution in [0.25, 0.3) is 23.3 Å². The number of sulfonamides is 1. The summed E-state index contributed by atoms with van der Waals surface area (Å²) in [5.41, 5.74) is -0.587. The zero-order chi connectivity index (χ0) is 25.1. The Kier molecular flexibility index (Phi) is 6.86. The van der Waals surface area contributed by atoms with Crippen LogP contribution in [0, 0.1) is 0 Å². The molecule has 2 aromatic carbocycles. The number of ether oxygens (including phenoxy) is 2. The molecule has 0 saturated heterocycles. The number of nitrogens with one attached hydrogen (secondary N) is 3. The van der Waals surface area contributed by atoms with Crippen LogP contribution in [0.4, 0.5) is 18.9 Å². The fraction of sp³-hybridized carbons (Fsp3) is 0.143. The molecule has 180 valence electrons. The van der Waals surface area contributed by atoms with Gasteiger partial charge in [-0.25, -0.2) is 13.2 Å². The van der Waals surface area contributed by atoms with Crippen LogP contribution in [-0.2, 0) is 10.0 Å². The molecule has 0 amide bonds. The van der Waals surface area contributed by atoms with Crippen molar-refractivity contribution in [3.05, 3.63) is 74.6 Å². The van der Waals surface area contributed by atoms with Crippen molar-refractivity contribution in [2.45, 2.75) is 6.36 Å². The van der Waals surface area contributed by atoms with E-state index in [4.69, 9.17) is 4.74 Å². The van der Waals surface area contributed by atoms with Crippen LogP contribution in [-0.4, -0.2) is 38.1 Å². The number of rotatable bonds is 7. The van der Waals surface area contributed by atoms with Gasteiger partial charge in [0.15, 0.2) is 11.5 Å². The van der Waals surface area contributed by atoms with Gasteiger partial charge in [-0.15, -0.1) is 13.2 Å². The SMILES string of the molecule is COc1c(C=Cc2ccc(NS(C)(=O)=O)cc2)cc(-c2c[nH]c(=O)[nH]c2=O)cc1OC(F)(F)F. The zero-order valence-electron chi connectivity index (χ0n) is 17.7. The molecule has 0 saturated carbocycles. The molecule has 0 unspecified atom stereocenters. The highest BCUT2D eigenvalue weighted by Crippen LogP contribution is 2.39. The van der Waals surface area contributed by atoms with Gasteiger partial charge in [-0.2, -0.15) is 0 Å². The Morgan fingerprint density at radius 2 is 1.74 bits per heavy atom. The second-order valence-electron chi connectivity index (χ2n) is 6.96. The van der Waals surface area contributed by atoms with Crippen molar-refractivity contribution in [2.24, 2.45) is 0 Å². The maximum absolute atomic E-state index is 13.0. The van der Waals surface area contributed by atoms with E-state index >= 15 is 0 Å². The predicted octanol–water partition coefficient (Wildman–Crippen LogP) is 3.18. The molecule has 0 spiro atoms. The lowest BCUT2D eigenvalue weighted by Gasteiger charge is -2.16. The molecule has 0 bridgehead atoms. The zero-order valence-corrected chi connectivity index (χ0v) is 18.5. The lowest BCUT2D eigenvalue weighted by atomic mass is 10.0. The van der Waals surface area contributed by atoms with Gasteiger partial charge in [-0.1, -0.05) is 24.3 Å². The lowest BCUT2D eigenvalue weighted by Crippen LogP contribution is -2.22. The molecule has 3 aromatic rings. The van der Waals surface area contributed by atoms with E-state index in [2.05, 4.69) is 14.4 Å². The van der Waals surface area contributed by atoms with Crippen LogP contribution < -0.4 is 25.4 Å². The normalized spacial score (nSPS) is 12.0. The summed E-state index contributed by atoms with van der Waals surface area (Å²) < 4.78 is 73.2. The topological polar surface area (TPSA) is 130 Å². The average molecular weight is 497 g/mol. The first-order valence-electron chi connectivity index (χ1n) is 9.41. The smallest absolute Gasteiger partial charge is 0.492 e. The van der Waals surface area contributed by atoms with Gasteiger partial charge in [-0.3, -0.25) is 14.5 Å². The van der Waals surface area contributed by atoms with Gasteiger partial charge in [0.25, 0.3) is 5.56 Å². The number of aromatic amines is 2. The lowest BCUT2D eigenvalue weighted by molar-refractivity contribution is -0.275. The second kappa shape index (κ2) is 9.47. The summed E-state index contributed by atoms with van der Waals surface area (Å²) >= 11 is 0. The van der Waals surface area contributed by atoms with E-state index in [-0.39, 0.29) is 22.4 Å². The molecule has 0 aliphatic heterocycles. The number of hydrogen-bond donors (Lipinski definition) is 3. The largest absolute Gasteiger partial charge is 0.573 e. The first-order chi connectivity index (χ1) is 15.8. The molecule has 0 aliphatic rings. The summed E-state index contributed by atoms with van der Waals surface area (Å²) in [6.45, 7) is 0. The van der Waals surface area contributed by atoms with Crippen LogP contribution >= 0.6 is 0 Å². The summed E-state index contributed by atoms with van der Waals surface area (Å²) in [6.07, 6.45) is 0.0208. The molecule has 3 N–H and O–H groups in total. The van der Waals surface area contributed by atoms with Crippen molar-refractivity contribution in [2.75, 3.05) is 18.1 Å². The van der Waals surface area contributed by atoms with Crippen molar-refractivity contribution in [1.82, 2.24) is 9.97 Å². The number of aromatic nitrogens is 2. The maximum Gasteiger partial charge on any atom is 0.573 e. The summed E-state index contributed by atoms with van der Waals surface area (Å²) in [5.74, 6) is -0.931. The van der Waals surface area contributed by atoms with E-state index in [9.17, 15) is 31.2 Å². The summed E-state index contributed by atoms with van der Waals surface area (Å²) in [4.78, 5) is 27.7. The standard InChI is InChI=1S/C21H18F3N3O6S/c1-32-18-13(6-3-12-4-7-15(8-5-12)27-34(2,30)31)9-14(10-17(18)33-21(22,23)24)16-11-25-20(29)26-19(16)28/h3-11,27H,1-2H3,(H2,25,26,28,29). The fourth-order valence-corrected chi connectivity index (χ4v) is 3.57. The third kappa shape index (κ3) is 6.51. The molecule has 0 atom stereocenters.